The van der Waals surface area contributed by atoms with Crippen molar-refractivity contribution < 1.29 is 140 Å². The molecule has 3 heterocycles. The Morgan fingerprint density at radius 2 is 0.776 bits per heavy atom. The fourth-order valence-electron chi connectivity index (χ4n) is 6.16. The van der Waals surface area contributed by atoms with Crippen LogP contribution in [0.15, 0.2) is 20.5 Å². The Balaban J connectivity index is -0.00000106. The Morgan fingerprint density at radius 1 is 0.459 bits per heavy atom. The monoisotopic (exact) mass is 1360 g/mol. The van der Waals surface area contributed by atoms with Crippen LogP contribution in [0.25, 0.3) is 41.8 Å². The molecule has 3 fully saturated rings. The van der Waals surface area contributed by atoms with Crippen molar-refractivity contribution in [3.63, 3.8) is 0 Å². The number of nitrogens with zero attached hydrogens (tertiary/aromatic N) is 12. The molecule has 0 aromatic carbocycles. The van der Waals surface area contributed by atoms with Gasteiger partial charge in [-0.05, 0) is 22.1 Å². The zero-order chi connectivity index (χ0) is 65.8. The third kappa shape index (κ3) is 34.5. The van der Waals surface area contributed by atoms with E-state index in [-0.39, 0.29) is 59.2 Å². The molecule has 0 amide bonds. The number of rotatable bonds is 22. The zero-order valence-corrected chi connectivity index (χ0v) is 49.6. The third-order valence-corrected chi connectivity index (χ3v) is 10.2. The number of carboxylic acids is 1. The van der Waals surface area contributed by atoms with E-state index in [1.54, 1.807) is 0 Å². The lowest BCUT2D eigenvalue weighted by Crippen LogP contribution is -2.63. The van der Waals surface area contributed by atoms with Gasteiger partial charge in [-0.1, -0.05) is 52.3 Å². The molecule has 3 aliphatic heterocycles. The van der Waals surface area contributed by atoms with Crippen LogP contribution in [0.4, 0.5) is 0 Å². The number of esters is 8. The molecule has 41 nitrogen and oxygen atoms in total. The van der Waals surface area contributed by atoms with Gasteiger partial charge in [-0.25, -0.2) is 14.4 Å². The molecule has 482 valence electrons. The second kappa shape index (κ2) is 48.2. The van der Waals surface area contributed by atoms with Crippen LogP contribution in [0, 0.1) is 0 Å². The highest BCUT2D eigenvalue weighted by Crippen LogP contribution is 2.33. The first-order valence-corrected chi connectivity index (χ1v) is 25.9. The average Bonchev–Trinajstić information content (AvgIpc) is 2.95. The van der Waals surface area contributed by atoms with Gasteiger partial charge in [0.15, 0.2) is 72.5 Å². The molecule has 0 aliphatic carbocycles. The van der Waals surface area contributed by atoms with E-state index in [1.165, 1.54) is 0 Å². The van der Waals surface area contributed by atoms with Gasteiger partial charge in [0.25, 0.3) is 0 Å². The molecular formula is C42H66Br2N12O29. The van der Waals surface area contributed by atoms with E-state index in [1.807, 2.05) is 0 Å². The van der Waals surface area contributed by atoms with Crippen molar-refractivity contribution in [1.29, 1.82) is 0 Å². The van der Waals surface area contributed by atoms with Gasteiger partial charge in [0, 0.05) is 106 Å². The van der Waals surface area contributed by atoms with Gasteiger partial charge in [0.2, 0.25) is 0 Å². The number of halogens is 2. The fraction of sp³-hybridized carbons (Fsp3) is 0.786. The van der Waals surface area contributed by atoms with Crippen LogP contribution >= 0.6 is 31.9 Å². The second-order valence-electron chi connectivity index (χ2n) is 15.5. The van der Waals surface area contributed by atoms with Crippen molar-refractivity contribution in [2.24, 2.45) is 20.5 Å². The van der Waals surface area contributed by atoms with Crippen molar-refractivity contribution >= 4 is 85.6 Å². The van der Waals surface area contributed by atoms with Crippen LogP contribution in [-0.4, -0.2) is 259 Å². The first kappa shape index (κ1) is 82.2. The van der Waals surface area contributed by atoms with Gasteiger partial charge >= 0.3 is 53.7 Å². The van der Waals surface area contributed by atoms with Crippen LogP contribution in [0.3, 0.4) is 0 Å². The maximum Gasteiger partial charge on any atom is 0.339 e. The third-order valence-electron chi connectivity index (χ3n) is 9.15. The molecule has 3 rings (SSSR count). The van der Waals surface area contributed by atoms with Crippen molar-refractivity contribution in [1.82, 2.24) is 0 Å². The number of methoxy groups -OCH3 is 2. The Hall–Kier alpha value is -7.01. The first-order valence-electron chi connectivity index (χ1n) is 23.8. The first-order chi connectivity index (χ1) is 40.1. The molecule has 15 atom stereocenters. The van der Waals surface area contributed by atoms with E-state index in [4.69, 9.17) is 94.7 Å². The van der Waals surface area contributed by atoms with Crippen LogP contribution < -0.4 is 0 Å². The minimum atomic E-state index is -1.76. The van der Waals surface area contributed by atoms with Gasteiger partial charge in [-0.15, -0.1) is 0 Å². The molecule has 0 bridgehead atoms. The lowest BCUT2D eigenvalue weighted by Gasteiger charge is -2.43. The van der Waals surface area contributed by atoms with Crippen LogP contribution in [0.5, 0.6) is 0 Å². The van der Waals surface area contributed by atoms with Crippen molar-refractivity contribution in [2.75, 3.05) is 78.8 Å². The summed E-state index contributed by atoms with van der Waals surface area (Å²) in [5, 5.41) is 72.9. The number of alkyl halides is 2. The lowest BCUT2D eigenvalue weighted by atomic mass is 9.97. The number of carbonyl (C=O) groups excluding carboxylic acids is 8. The number of aliphatic carboxylic acids is 1. The second-order valence-corrected chi connectivity index (χ2v) is 17.2. The molecule has 0 saturated carbocycles. The summed E-state index contributed by atoms with van der Waals surface area (Å²) in [5.41, 5.74) is 31.4. The maximum atomic E-state index is 12.1. The highest BCUT2D eigenvalue weighted by molar-refractivity contribution is 9.09. The van der Waals surface area contributed by atoms with E-state index in [9.17, 15) is 58.5 Å². The SMILES string of the molecule is COC(=O)C1O[C@@H](OCCN=[N+]=[N-])C(OC(C)=O)[C@@H](OC(C)=O)[C@@H]1OC(C)=O.COC(=O)C1O[C@H](Br)C(OC(C)=O)[C@@H](OC(C)=O)[C@@H]1OC(C)=O.OCCBr.[N-]=[N+]=NCCO.[N-]=[N+]=NCCO.[N-]=[N+]=NCCO[C@@H]1OC(C(=O)O)[C@@H](O)[C@H](O)C1O. The molecule has 7 N–H and O–H groups in total. The van der Waals surface area contributed by atoms with Gasteiger partial charge in [-0.2, -0.15) is 0 Å². The number of hydrogen-bond acceptors (Lipinski definition) is 32. The number of ether oxygens (including phenoxy) is 13. The molecule has 3 saturated heterocycles. The average molecular weight is 1360 g/mol. The minimum Gasteiger partial charge on any atom is -0.479 e. The summed E-state index contributed by atoms with van der Waals surface area (Å²) in [6.07, 6.45) is -20.4. The Kier molecular flexibility index (Phi) is 46.7. The molecule has 0 radical (unpaired) electrons. The Morgan fingerprint density at radius 3 is 1.11 bits per heavy atom. The predicted molar refractivity (Wildman–Crippen MR) is 281 cm³/mol. The highest BCUT2D eigenvalue weighted by atomic mass is 79.9. The number of hydrogen-bond donors (Lipinski definition) is 7. The summed E-state index contributed by atoms with van der Waals surface area (Å²) in [5.74, 6) is -7.74. The molecule has 43 heteroatoms. The van der Waals surface area contributed by atoms with E-state index >= 15 is 0 Å². The molecule has 3 aliphatic rings. The maximum absolute atomic E-state index is 12.1. The summed E-state index contributed by atoms with van der Waals surface area (Å²) in [4.78, 5) is 113. The van der Waals surface area contributed by atoms with Gasteiger partial charge in [-0.3, -0.25) is 28.8 Å². The molecule has 0 aromatic rings. The number of carboxylic acid groups (broad SMARTS) is 1. The standard InChI is InChI=1S/C15H21N3O10.C13H17BrO9.C8H13N3O7.C2H5BrO.2C2H5N3O/c1-7(19)25-10-11(26-8(2)20)13(27-9(3)21)15(24-6-5-17-18-16)28-12(10)14(22)23-4;1-5(15)20-8-9(21-6(2)16)11(13(18)19-4)23-12(14)10(8)22-7(3)17;9-11-10-1-2-17-8-5(14)3(12)4(13)6(18-8)7(15)16;3-1-2-4;2*3-5-4-1-2-6/h10-13,15H,5-6H2,1-4H3;8-12H,1-4H3;3-6,8,12-14H,1-2H2,(H,15,16);4H,1-2H2;2*6H,1-2H2/t10-,11-,12?,13?,15+;8-,9-,10?,11?,12-;3-,4-,5?,6?,8+;;;/m000.../s1. The van der Waals surface area contributed by atoms with E-state index in [0.29, 0.717) is 5.33 Å². The highest BCUT2D eigenvalue weighted by Gasteiger charge is 2.56. The summed E-state index contributed by atoms with van der Waals surface area (Å²) >= 11 is 6.10. The van der Waals surface area contributed by atoms with Gasteiger partial charge in [0.1, 0.15) is 18.3 Å². The topological polar surface area (TPSA) is 610 Å². The van der Waals surface area contributed by atoms with E-state index in [2.05, 4.69) is 81.4 Å². The zero-order valence-electron chi connectivity index (χ0n) is 46.5. The number of aliphatic hydroxyl groups is 6. The van der Waals surface area contributed by atoms with Crippen molar-refractivity contribution in [3.8, 4) is 0 Å². The molecular weight excluding hydrogens is 1300 g/mol. The fourth-order valence-corrected chi connectivity index (χ4v) is 6.80. The van der Waals surface area contributed by atoms with Crippen molar-refractivity contribution in [2.45, 2.75) is 132 Å². The number of aliphatic hydroxyl groups excluding tert-OH is 6. The van der Waals surface area contributed by atoms with Gasteiger partial charge in [0.05, 0.1) is 34.0 Å². The summed E-state index contributed by atoms with van der Waals surface area (Å²) in [6, 6.07) is 0. The molecule has 6 unspecified atom stereocenters. The van der Waals surface area contributed by atoms with Crippen LogP contribution in [0.2, 0.25) is 0 Å². The predicted octanol–water partition coefficient (Wildman–Crippen LogP) is -0.762. The van der Waals surface area contributed by atoms with Crippen LogP contribution in [-0.2, 0) is 105 Å². The molecule has 85 heavy (non-hydrogen) atoms. The lowest BCUT2D eigenvalue weighted by molar-refractivity contribution is -0.301. The van der Waals surface area contributed by atoms with E-state index in [0.717, 1.165) is 55.8 Å². The number of carbonyl (C=O) groups is 9. The molecule has 0 spiro atoms. The quantitative estimate of drug-likeness (QED) is 0.0133. The van der Waals surface area contributed by atoms with Crippen molar-refractivity contribution in [3.05, 3.63) is 41.8 Å². The summed E-state index contributed by atoms with van der Waals surface area (Å²) in [7, 11) is 2.20. The summed E-state index contributed by atoms with van der Waals surface area (Å²) in [6.45, 7) is 6.68. The smallest absolute Gasteiger partial charge is 0.339 e. The molecule has 0 aromatic heterocycles. The van der Waals surface area contributed by atoms with E-state index < -0.39 is 145 Å². The number of azide groups is 4. The minimum absolute atomic E-state index is 0.0422. The Bertz CT molecular complexity index is 2270. The van der Waals surface area contributed by atoms with Crippen LogP contribution in [0.1, 0.15) is 41.5 Å². The van der Waals surface area contributed by atoms with Gasteiger partial charge < -0.3 is 97.3 Å². The largest absolute Gasteiger partial charge is 0.479 e. The normalized spacial score (nSPS) is 25.7. The Labute approximate surface area is 497 Å². The summed E-state index contributed by atoms with van der Waals surface area (Å²) < 4.78 is 65.8.